The quantitative estimate of drug-likeness (QED) is 0.852. The molecule has 6 heteroatoms. The molecule has 0 aromatic heterocycles. The molecule has 2 fully saturated rings. The van der Waals surface area contributed by atoms with E-state index in [1.807, 2.05) is 0 Å². The number of ether oxygens (including phenoxy) is 1. The van der Waals surface area contributed by atoms with E-state index in [2.05, 4.69) is 21.2 Å². The molecule has 1 heterocycles. The number of nitrogens with two attached hydrogens (primary N) is 1. The number of hydrogen-bond acceptors (Lipinski definition) is 3. The third-order valence-electron chi connectivity index (χ3n) is 4.15. The number of amides is 1. The van der Waals surface area contributed by atoms with E-state index in [1.165, 1.54) is 0 Å². The predicted octanol–water partition coefficient (Wildman–Crippen LogP) is 2.34. The lowest BCUT2D eigenvalue weighted by atomic mass is 9.68. The maximum absolute atomic E-state index is 12.3. The highest BCUT2D eigenvalue weighted by atomic mass is 79.9. The van der Waals surface area contributed by atoms with Gasteiger partial charge < -0.3 is 15.8 Å². The fourth-order valence-corrected chi connectivity index (χ4v) is 3.89. The highest BCUT2D eigenvalue weighted by molar-refractivity contribution is 9.10. The van der Waals surface area contributed by atoms with Crippen LogP contribution in [0.1, 0.15) is 23.2 Å². The number of benzene rings is 1. The molecular formula is C14H16BrClN2O2. The van der Waals surface area contributed by atoms with Crippen molar-refractivity contribution in [2.45, 2.75) is 31.0 Å². The molecule has 108 valence electrons. The van der Waals surface area contributed by atoms with Gasteiger partial charge in [0.1, 0.15) is 0 Å². The Labute approximate surface area is 131 Å². The summed E-state index contributed by atoms with van der Waals surface area (Å²) in [6.45, 7) is 0.755. The topological polar surface area (TPSA) is 64.3 Å². The zero-order chi connectivity index (χ0) is 14.3. The van der Waals surface area contributed by atoms with Gasteiger partial charge in [-0.1, -0.05) is 11.6 Å². The summed E-state index contributed by atoms with van der Waals surface area (Å²) in [6, 6.07) is 4.98. The molecule has 1 amide bonds. The minimum absolute atomic E-state index is 0.0182. The third kappa shape index (κ3) is 2.48. The van der Waals surface area contributed by atoms with Gasteiger partial charge in [0, 0.05) is 28.1 Å². The number of hydrogen-bond donors (Lipinski definition) is 2. The SMILES string of the molecule is NC1C2CCCOC2C1NC(=O)c1ccc(Cl)cc1Br. The van der Waals surface area contributed by atoms with Gasteiger partial charge in [0.25, 0.3) is 5.91 Å². The normalized spacial score (nSPS) is 32.1. The molecule has 4 nitrogen and oxygen atoms in total. The number of rotatable bonds is 2. The van der Waals surface area contributed by atoms with Gasteiger partial charge in [-0.3, -0.25) is 4.79 Å². The molecule has 1 aliphatic carbocycles. The maximum Gasteiger partial charge on any atom is 0.252 e. The Morgan fingerprint density at radius 3 is 3.05 bits per heavy atom. The summed E-state index contributed by atoms with van der Waals surface area (Å²) in [5.74, 6) is 0.226. The van der Waals surface area contributed by atoms with Gasteiger partial charge in [-0.2, -0.15) is 0 Å². The van der Waals surface area contributed by atoms with Crippen molar-refractivity contribution in [2.75, 3.05) is 6.61 Å². The van der Waals surface area contributed by atoms with E-state index in [9.17, 15) is 4.79 Å². The van der Waals surface area contributed by atoms with E-state index in [-0.39, 0.29) is 24.1 Å². The number of fused-ring (bicyclic) bond motifs is 1. The molecule has 1 saturated carbocycles. The predicted molar refractivity (Wildman–Crippen MR) is 80.8 cm³/mol. The Morgan fingerprint density at radius 2 is 2.30 bits per heavy atom. The molecule has 0 bridgehead atoms. The molecule has 1 saturated heterocycles. The summed E-state index contributed by atoms with van der Waals surface area (Å²) in [6.07, 6.45) is 2.20. The maximum atomic E-state index is 12.3. The number of carbonyl (C=O) groups is 1. The molecule has 1 aliphatic heterocycles. The van der Waals surface area contributed by atoms with E-state index in [0.717, 1.165) is 19.4 Å². The number of carbonyl (C=O) groups excluding carboxylic acids is 1. The molecule has 2 aliphatic rings. The van der Waals surface area contributed by atoms with Crippen molar-refractivity contribution in [3.63, 3.8) is 0 Å². The van der Waals surface area contributed by atoms with Crippen molar-refractivity contribution in [1.29, 1.82) is 0 Å². The molecule has 3 N–H and O–H groups in total. The van der Waals surface area contributed by atoms with Crippen LogP contribution in [0.2, 0.25) is 5.02 Å². The summed E-state index contributed by atoms with van der Waals surface area (Å²) < 4.78 is 6.40. The van der Waals surface area contributed by atoms with Gasteiger partial charge in [0.15, 0.2) is 0 Å². The van der Waals surface area contributed by atoms with Crippen molar-refractivity contribution in [2.24, 2.45) is 11.7 Å². The standard InChI is InChI=1S/C14H16BrClN2O2/c15-10-6-7(16)3-4-8(10)14(19)18-12-11(17)9-2-1-5-20-13(9)12/h3-4,6,9,11-13H,1-2,5,17H2,(H,18,19). The highest BCUT2D eigenvalue weighted by Crippen LogP contribution is 2.37. The van der Waals surface area contributed by atoms with Crippen LogP contribution in [0, 0.1) is 5.92 Å². The fraction of sp³-hybridized carbons (Fsp3) is 0.500. The van der Waals surface area contributed by atoms with Gasteiger partial charge in [-0.05, 0) is 47.0 Å². The third-order valence-corrected chi connectivity index (χ3v) is 5.04. The first-order chi connectivity index (χ1) is 9.58. The molecule has 1 aromatic carbocycles. The second-order valence-corrected chi connectivity index (χ2v) is 6.63. The van der Waals surface area contributed by atoms with Gasteiger partial charge in [0.2, 0.25) is 0 Å². The van der Waals surface area contributed by atoms with E-state index in [0.29, 0.717) is 21.0 Å². The lowest BCUT2D eigenvalue weighted by Crippen LogP contribution is -2.72. The Morgan fingerprint density at radius 1 is 1.50 bits per heavy atom. The fourth-order valence-electron chi connectivity index (χ4n) is 3.03. The molecule has 20 heavy (non-hydrogen) atoms. The van der Waals surface area contributed by atoms with Crippen molar-refractivity contribution >= 4 is 33.4 Å². The van der Waals surface area contributed by atoms with Crippen LogP contribution in [0.15, 0.2) is 22.7 Å². The Bertz CT molecular complexity index is 540. The van der Waals surface area contributed by atoms with E-state index in [4.69, 9.17) is 22.1 Å². The average molecular weight is 360 g/mol. The van der Waals surface area contributed by atoms with Crippen LogP contribution in [-0.2, 0) is 4.74 Å². The minimum Gasteiger partial charge on any atom is -0.376 e. The van der Waals surface area contributed by atoms with Gasteiger partial charge in [-0.25, -0.2) is 0 Å². The zero-order valence-corrected chi connectivity index (χ0v) is 13.2. The molecule has 1 aromatic rings. The van der Waals surface area contributed by atoms with Gasteiger partial charge >= 0.3 is 0 Å². The van der Waals surface area contributed by atoms with E-state index in [1.54, 1.807) is 18.2 Å². The van der Waals surface area contributed by atoms with Crippen LogP contribution >= 0.6 is 27.5 Å². The van der Waals surface area contributed by atoms with Crippen LogP contribution in [0.5, 0.6) is 0 Å². The van der Waals surface area contributed by atoms with Crippen LogP contribution in [0.25, 0.3) is 0 Å². The van der Waals surface area contributed by atoms with E-state index < -0.39 is 0 Å². The van der Waals surface area contributed by atoms with Crippen molar-refractivity contribution < 1.29 is 9.53 Å². The monoisotopic (exact) mass is 358 g/mol. The van der Waals surface area contributed by atoms with Crippen LogP contribution in [-0.4, -0.2) is 30.7 Å². The zero-order valence-electron chi connectivity index (χ0n) is 10.8. The Balaban J connectivity index is 1.70. The van der Waals surface area contributed by atoms with Gasteiger partial charge in [-0.15, -0.1) is 0 Å². The number of halogens is 2. The van der Waals surface area contributed by atoms with Crippen molar-refractivity contribution in [3.8, 4) is 0 Å². The molecule has 4 unspecified atom stereocenters. The largest absolute Gasteiger partial charge is 0.376 e. The molecule has 4 atom stereocenters. The first-order valence-electron chi connectivity index (χ1n) is 6.71. The van der Waals surface area contributed by atoms with Crippen LogP contribution in [0.4, 0.5) is 0 Å². The summed E-state index contributed by atoms with van der Waals surface area (Å²) in [5.41, 5.74) is 6.69. The van der Waals surface area contributed by atoms with Crippen molar-refractivity contribution in [3.05, 3.63) is 33.3 Å². The summed E-state index contributed by atoms with van der Waals surface area (Å²) in [7, 11) is 0. The highest BCUT2D eigenvalue weighted by Gasteiger charge is 2.51. The molecule has 3 rings (SSSR count). The lowest BCUT2D eigenvalue weighted by molar-refractivity contribution is -0.117. The smallest absolute Gasteiger partial charge is 0.252 e. The lowest BCUT2D eigenvalue weighted by Gasteiger charge is -2.52. The van der Waals surface area contributed by atoms with Crippen LogP contribution in [0.3, 0.4) is 0 Å². The van der Waals surface area contributed by atoms with E-state index >= 15 is 0 Å². The average Bonchev–Trinajstić information content (AvgIpc) is 2.44. The number of nitrogens with one attached hydrogen (secondary N) is 1. The van der Waals surface area contributed by atoms with Crippen molar-refractivity contribution in [1.82, 2.24) is 5.32 Å². The van der Waals surface area contributed by atoms with Crippen LogP contribution < -0.4 is 11.1 Å². The molecule has 0 spiro atoms. The summed E-state index contributed by atoms with van der Waals surface area (Å²) in [5, 5.41) is 3.57. The first kappa shape index (κ1) is 14.3. The summed E-state index contributed by atoms with van der Waals surface area (Å²) in [4.78, 5) is 12.3. The summed E-state index contributed by atoms with van der Waals surface area (Å²) >= 11 is 9.23. The second kappa shape index (κ2) is 5.64. The van der Waals surface area contributed by atoms with Gasteiger partial charge in [0.05, 0.1) is 17.7 Å². The molecular weight excluding hydrogens is 344 g/mol. The Hall–Kier alpha value is -0.620. The molecule has 0 radical (unpaired) electrons. The second-order valence-electron chi connectivity index (χ2n) is 5.34. The Kier molecular flexibility index (Phi) is 4.04. The minimum atomic E-state index is -0.151. The first-order valence-corrected chi connectivity index (χ1v) is 7.88.